The van der Waals surface area contributed by atoms with Crippen molar-refractivity contribution in [3.05, 3.63) is 83.6 Å². The zero-order valence-electron chi connectivity index (χ0n) is 16.0. The number of nitrogens with zero attached hydrogens (tertiary/aromatic N) is 1. The van der Waals surface area contributed by atoms with Crippen LogP contribution in [0, 0.1) is 5.41 Å². The SMILES string of the molecule is COc1cccc(OC)c1CNC(=N)Nc1ccc(Cc2ccccc2)cn1. The predicted molar refractivity (Wildman–Crippen MR) is 111 cm³/mol. The van der Waals surface area contributed by atoms with Gasteiger partial charge in [0.15, 0.2) is 5.96 Å². The summed E-state index contributed by atoms with van der Waals surface area (Å²) in [6.45, 7) is 0.394. The van der Waals surface area contributed by atoms with Crippen LogP contribution in [0.4, 0.5) is 5.82 Å². The molecule has 0 amide bonds. The number of aromatic nitrogens is 1. The highest BCUT2D eigenvalue weighted by Crippen LogP contribution is 2.27. The van der Waals surface area contributed by atoms with Crippen molar-refractivity contribution in [2.24, 2.45) is 0 Å². The molecule has 0 aliphatic rings. The molecule has 0 spiro atoms. The van der Waals surface area contributed by atoms with E-state index in [1.807, 2.05) is 54.7 Å². The normalized spacial score (nSPS) is 10.2. The van der Waals surface area contributed by atoms with Gasteiger partial charge in [0.1, 0.15) is 17.3 Å². The van der Waals surface area contributed by atoms with Gasteiger partial charge >= 0.3 is 0 Å². The standard InChI is InChI=1S/C22H24N4O2/c1-27-19-9-6-10-20(28-2)18(19)15-25-22(23)26-21-12-11-17(14-24-21)13-16-7-4-3-5-8-16/h3-12,14H,13,15H2,1-2H3,(H3,23,24,25,26). The van der Waals surface area contributed by atoms with Gasteiger partial charge in [0.2, 0.25) is 0 Å². The highest BCUT2D eigenvalue weighted by molar-refractivity contribution is 5.90. The summed E-state index contributed by atoms with van der Waals surface area (Å²) in [7, 11) is 3.23. The molecule has 1 heterocycles. The fourth-order valence-electron chi connectivity index (χ4n) is 2.89. The van der Waals surface area contributed by atoms with Crippen LogP contribution in [-0.2, 0) is 13.0 Å². The van der Waals surface area contributed by atoms with E-state index in [4.69, 9.17) is 14.9 Å². The molecular weight excluding hydrogens is 352 g/mol. The van der Waals surface area contributed by atoms with Crippen LogP contribution in [-0.4, -0.2) is 25.2 Å². The molecule has 0 saturated carbocycles. The van der Waals surface area contributed by atoms with Gasteiger partial charge in [-0.3, -0.25) is 5.41 Å². The molecule has 1 aromatic heterocycles. The summed E-state index contributed by atoms with van der Waals surface area (Å²) >= 11 is 0. The van der Waals surface area contributed by atoms with Crippen LogP contribution in [0.1, 0.15) is 16.7 Å². The third-order valence-electron chi connectivity index (χ3n) is 4.30. The quantitative estimate of drug-likeness (QED) is 0.431. The van der Waals surface area contributed by atoms with Crippen LogP contribution in [0.2, 0.25) is 0 Å². The van der Waals surface area contributed by atoms with Crippen LogP contribution in [0.25, 0.3) is 0 Å². The van der Waals surface area contributed by atoms with Crippen molar-refractivity contribution in [3.63, 3.8) is 0 Å². The van der Waals surface area contributed by atoms with E-state index in [2.05, 4.69) is 27.8 Å². The topological polar surface area (TPSA) is 79.3 Å². The minimum absolute atomic E-state index is 0.149. The van der Waals surface area contributed by atoms with Gasteiger partial charge < -0.3 is 20.1 Å². The third-order valence-corrected chi connectivity index (χ3v) is 4.30. The maximum absolute atomic E-state index is 8.12. The molecule has 3 N–H and O–H groups in total. The Labute approximate surface area is 165 Å². The Hall–Kier alpha value is -3.54. The summed E-state index contributed by atoms with van der Waals surface area (Å²) in [5, 5.41) is 14.1. The lowest BCUT2D eigenvalue weighted by Gasteiger charge is -2.15. The lowest BCUT2D eigenvalue weighted by Crippen LogP contribution is -2.29. The van der Waals surface area contributed by atoms with Crippen LogP contribution < -0.4 is 20.1 Å². The molecule has 0 atom stereocenters. The maximum Gasteiger partial charge on any atom is 0.194 e. The first-order valence-corrected chi connectivity index (χ1v) is 8.97. The van der Waals surface area contributed by atoms with Gasteiger partial charge in [-0.1, -0.05) is 42.5 Å². The molecule has 0 aliphatic carbocycles. The molecule has 0 unspecified atom stereocenters. The predicted octanol–water partition coefficient (Wildman–Crippen LogP) is 3.83. The van der Waals surface area contributed by atoms with Crippen LogP contribution in [0.3, 0.4) is 0 Å². The highest BCUT2D eigenvalue weighted by atomic mass is 16.5. The van der Waals surface area contributed by atoms with E-state index in [9.17, 15) is 0 Å². The highest BCUT2D eigenvalue weighted by Gasteiger charge is 2.10. The smallest absolute Gasteiger partial charge is 0.194 e. The van der Waals surface area contributed by atoms with Gasteiger partial charge in [0.25, 0.3) is 0 Å². The number of guanidine groups is 1. The molecule has 0 saturated heterocycles. The van der Waals surface area contributed by atoms with E-state index in [1.165, 1.54) is 5.56 Å². The number of benzene rings is 2. The van der Waals surface area contributed by atoms with Gasteiger partial charge in [0.05, 0.1) is 26.3 Å². The van der Waals surface area contributed by atoms with Gasteiger partial charge in [-0.25, -0.2) is 4.98 Å². The van der Waals surface area contributed by atoms with Crippen molar-refractivity contribution in [1.29, 1.82) is 5.41 Å². The minimum atomic E-state index is 0.149. The molecule has 144 valence electrons. The van der Waals surface area contributed by atoms with E-state index in [0.717, 1.165) is 17.5 Å². The second kappa shape index (κ2) is 9.41. The van der Waals surface area contributed by atoms with Crippen molar-refractivity contribution in [2.45, 2.75) is 13.0 Å². The van der Waals surface area contributed by atoms with Crippen LogP contribution in [0.5, 0.6) is 11.5 Å². The number of hydrogen-bond acceptors (Lipinski definition) is 4. The van der Waals surface area contributed by atoms with Crippen molar-refractivity contribution in [2.75, 3.05) is 19.5 Å². The van der Waals surface area contributed by atoms with Crippen LogP contribution in [0.15, 0.2) is 66.9 Å². The van der Waals surface area contributed by atoms with Gasteiger partial charge in [-0.05, 0) is 35.7 Å². The van der Waals surface area contributed by atoms with Gasteiger partial charge in [-0.2, -0.15) is 0 Å². The van der Waals surface area contributed by atoms with E-state index in [0.29, 0.717) is 23.9 Å². The Kier molecular flexibility index (Phi) is 6.46. The summed E-state index contributed by atoms with van der Waals surface area (Å²) in [4.78, 5) is 4.40. The third kappa shape index (κ3) is 5.01. The zero-order chi connectivity index (χ0) is 19.8. The lowest BCUT2D eigenvalue weighted by atomic mass is 10.1. The zero-order valence-corrected chi connectivity index (χ0v) is 16.0. The molecule has 0 bridgehead atoms. The number of pyridine rings is 1. The molecule has 0 radical (unpaired) electrons. The van der Waals surface area contributed by atoms with Gasteiger partial charge in [-0.15, -0.1) is 0 Å². The molecule has 6 nitrogen and oxygen atoms in total. The first kappa shape index (κ1) is 19.2. The van der Waals surface area contributed by atoms with Crippen LogP contribution >= 0.6 is 0 Å². The first-order valence-electron chi connectivity index (χ1n) is 8.97. The number of ether oxygens (including phenoxy) is 2. The Morgan fingerprint density at radius 1 is 0.893 bits per heavy atom. The number of methoxy groups -OCH3 is 2. The lowest BCUT2D eigenvalue weighted by molar-refractivity contribution is 0.384. The molecule has 6 heteroatoms. The Morgan fingerprint density at radius 3 is 2.21 bits per heavy atom. The van der Waals surface area contributed by atoms with Crippen molar-refractivity contribution in [1.82, 2.24) is 10.3 Å². The second-order valence-electron chi connectivity index (χ2n) is 6.21. The summed E-state index contributed by atoms with van der Waals surface area (Å²) in [5.41, 5.74) is 3.21. The number of nitrogens with one attached hydrogen (secondary N) is 3. The molecule has 28 heavy (non-hydrogen) atoms. The summed E-state index contributed by atoms with van der Waals surface area (Å²) < 4.78 is 10.8. The van der Waals surface area contributed by atoms with E-state index >= 15 is 0 Å². The molecule has 3 rings (SSSR count). The summed E-state index contributed by atoms with van der Waals surface area (Å²) in [5.74, 6) is 2.18. The largest absolute Gasteiger partial charge is 0.496 e. The van der Waals surface area contributed by atoms with Crippen molar-refractivity contribution in [3.8, 4) is 11.5 Å². The van der Waals surface area contributed by atoms with E-state index < -0.39 is 0 Å². The summed E-state index contributed by atoms with van der Waals surface area (Å²) in [6.07, 6.45) is 2.66. The minimum Gasteiger partial charge on any atom is -0.496 e. The average Bonchev–Trinajstić information content (AvgIpc) is 2.74. The average molecular weight is 376 g/mol. The second-order valence-corrected chi connectivity index (χ2v) is 6.21. The van der Waals surface area contributed by atoms with E-state index in [-0.39, 0.29) is 5.96 Å². The van der Waals surface area contributed by atoms with E-state index in [1.54, 1.807) is 14.2 Å². The molecular formula is C22H24N4O2. The van der Waals surface area contributed by atoms with Crippen molar-refractivity contribution < 1.29 is 9.47 Å². The van der Waals surface area contributed by atoms with Gasteiger partial charge in [0, 0.05) is 6.20 Å². The maximum atomic E-state index is 8.12. The van der Waals surface area contributed by atoms with Crippen molar-refractivity contribution >= 4 is 11.8 Å². The Bertz CT molecular complexity index is 889. The molecule has 0 aliphatic heterocycles. The number of rotatable bonds is 7. The monoisotopic (exact) mass is 376 g/mol. The first-order chi connectivity index (χ1) is 13.7. The molecule has 3 aromatic rings. The fourth-order valence-corrected chi connectivity index (χ4v) is 2.89. The molecule has 2 aromatic carbocycles. The Morgan fingerprint density at radius 2 is 1.61 bits per heavy atom. The number of hydrogen-bond donors (Lipinski definition) is 3. The Balaban J connectivity index is 1.57. The molecule has 0 fully saturated rings. The summed E-state index contributed by atoms with van der Waals surface area (Å²) in [6, 6.07) is 19.7. The fraction of sp³-hybridized carbons (Fsp3) is 0.182. The number of anilines is 1.